The summed E-state index contributed by atoms with van der Waals surface area (Å²) in [6, 6.07) is 8.58. The lowest BCUT2D eigenvalue weighted by molar-refractivity contribution is 0.0923. The summed E-state index contributed by atoms with van der Waals surface area (Å²) < 4.78 is 13.0. The molecule has 118 valence electrons. The van der Waals surface area contributed by atoms with Gasteiger partial charge in [-0.05, 0) is 50.3 Å². The van der Waals surface area contributed by atoms with Crippen molar-refractivity contribution in [3.05, 3.63) is 35.6 Å². The predicted octanol–water partition coefficient (Wildman–Crippen LogP) is 3.47. The molecular weight excluding hydrogens is 263 g/mol. The lowest BCUT2D eigenvalue weighted by atomic mass is 9.97. The Hall–Kier alpha value is -0.930. The van der Waals surface area contributed by atoms with Crippen molar-refractivity contribution in [2.24, 2.45) is 5.92 Å². The van der Waals surface area contributed by atoms with Gasteiger partial charge in [0.1, 0.15) is 5.82 Å². The minimum absolute atomic E-state index is 0.154. The number of nitrogens with zero attached hydrogens (tertiary/aromatic N) is 1. The van der Waals surface area contributed by atoms with Gasteiger partial charge in [-0.1, -0.05) is 26.0 Å². The Balaban J connectivity index is 1.95. The van der Waals surface area contributed by atoms with Gasteiger partial charge in [-0.15, -0.1) is 0 Å². The predicted molar refractivity (Wildman–Crippen MR) is 87.0 cm³/mol. The fourth-order valence-electron chi connectivity index (χ4n) is 3.37. The zero-order valence-electron chi connectivity index (χ0n) is 13.8. The zero-order valence-corrected chi connectivity index (χ0v) is 13.8. The van der Waals surface area contributed by atoms with Crippen LogP contribution in [0.4, 0.5) is 4.39 Å². The fourth-order valence-corrected chi connectivity index (χ4v) is 3.37. The van der Waals surface area contributed by atoms with E-state index in [1.165, 1.54) is 12.0 Å². The van der Waals surface area contributed by atoms with Crippen molar-refractivity contribution in [3.63, 3.8) is 0 Å². The second-order valence-corrected chi connectivity index (χ2v) is 6.96. The molecule has 0 amide bonds. The van der Waals surface area contributed by atoms with E-state index < -0.39 is 0 Å². The molecule has 0 radical (unpaired) electrons. The average Bonchev–Trinajstić information content (AvgIpc) is 2.43. The molecule has 1 aliphatic heterocycles. The van der Waals surface area contributed by atoms with Gasteiger partial charge in [0, 0.05) is 31.2 Å². The third-order valence-corrected chi connectivity index (χ3v) is 4.47. The van der Waals surface area contributed by atoms with Gasteiger partial charge >= 0.3 is 0 Å². The van der Waals surface area contributed by atoms with Crippen LogP contribution >= 0.6 is 0 Å². The standard InChI is InChI=1S/C18H29FN2/c1-13(2)9-18-12-21(15(4)11-20-18)14(3)10-16-5-7-17(19)8-6-16/h5-8,13-15,18,20H,9-12H2,1-4H3. The maximum Gasteiger partial charge on any atom is 0.123 e. The molecule has 1 aliphatic rings. The first kappa shape index (κ1) is 16.4. The number of hydrogen-bond donors (Lipinski definition) is 1. The van der Waals surface area contributed by atoms with E-state index in [1.807, 2.05) is 12.1 Å². The SMILES string of the molecule is CC(C)CC1CN(C(C)Cc2ccc(F)cc2)C(C)CN1. The van der Waals surface area contributed by atoms with Crippen LogP contribution < -0.4 is 5.32 Å². The number of piperazine rings is 1. The molecule has 1 aromatic rings. The Morgan fingerprint density at radius 1 is 1.24 bits per heavy atom. The average molecular weight is 292 g/mol. The number of rotatable bonds is 5. The molecule has 1 N–H and O–H groups in total. The molecule has 0 aromatic heterocycles. The summed E-state index contributed by atoms with van der Waals surface area (Å²) >= 11 is 0. The smallest absolute Gasteiger partial charge is 0.123 e. The minimum atomic E-state index is -0.154. The molecular formula is C18H29FN2. The third kappa shape index (κ3) is 4.79. The Bertz CT molecular complexity index is 429. The van der Waals surface area contributed by atoms with Crippen LogP contribution in [0.3, 0.4) is 0 Å². The first-order chi connectivity index (χ1) is 9.95. The summed E-state index contributed by atoms with van der Waals surface area (Å²) in [5.41, 5.74) is 1.22. The summed E-state index contributed by atoms with van der Waals surface area (Å²) in [6.07, 6.45) is 2.21. The second-order valence-electron chi connectivity index (χ2n) is 6.96. The summed E-state index contributed by atoms with van der Waals surface area (Å²) in [5, 5.41) is 3.67. The molecule has 0 spiro atoms. The molecule has 1 saturated heterocycles. The van der Waals surface area contributed by atoms with Gasteiger partial charge in [-0.2, -0.15) is 0 Å². The van der Waals surface area contributed by atoms with Crippen molar-refractivity contribution in [1.82, 2.24) is 10.2 Å². The third-order valence-electron chi connectivity index (χ3n) is 4.47. The lowest BCUT2D eigenvalue weighted by Crippen LogP contribution is -2.58. The van der Waals surface area contributed by atoms with E-state index in [0.717, 1.165) is 25.4 Å². The number of halogens is 1. The van der Waals surface area contributed by atoms with E-state index in [1.54, 1.807) is 12.1 Å². The van der Waals surface area contributed by atoms with Crippen LogP contribution in [0.25, 0.3) is 0 Å². The first-order valence-corrected chi connectivity index (χ1v) is 8.19. The highest BCUT2D eigenvalue weighted by atomic mass is 19.1. The molecule has 1 heterocycles. The monoisotopic (exact) mass is 292 g/mol. The quantitative estimate of drug-likeness (QED) is 0.894. The van der Waals surface area contributed by atoms with Crippen molar-refractivity contribution < 1.29 is 4.39 Å². The van der Waals surface area contributed by atoms with Gasteiger partial charge in [-0.3, -0.25) is 4.90 Å². The molecule has 0 bridgehead atoms. The van der Waals surface area contributed by atoms with Crippen LogP contribution in [0.15, 0.2) is 24.3 Å². The van der Waals surface area contributed by atoms with Crippen molar-refractivity contribution in [2.45, 2.75) is 58.7 Å². The molecule has 0 saturated carbocycles. The van der Waals surface area contributed by atoms with Crippen molar-refractivity contribution in [2.75, 3.05) is 13.1 Å². The Kier molecular flexibility index (Phi) is 5.77. The van der Waals surface area contributed by atoms with E-state index >= 15 is 0 Å². The van der Waals surface area contributed by atoms with Crippen LogP contribution in [0.2, 0.25) is 0 Å². The maximum atomic E-state index is 13.0. The zero-order chi connectivity index (χ0) is 15.4. The van der Waals surface area contributed by atoms with Gasteiger partial charge in [0.2, 0.25) is 0 Å². The Morgan fingerprint density at radius 3 is 2.52 bits per heavy atom. The van der Waals surface area contributed by atoms with E-state index in [9.17, 15) is 4.39 Å². The molecule has 3 unspecified atom stereocenters. The fraction of sp³-hybridized carbons (Fsp3) is 0.667. The molecule has 21 heavy (non-hydrogen) atoms. The molecule has 1 fully saturated rings. The highest BCUT2D eigenvalue weighted by Crippen LogP contribution is 2.18. The molecule has 3 atom stereocenters. The van der Waals surface area contributed by atoms with Gasteiger partial charge in [0.05, 0.1) is 0 Å². The molecule has 3 heteroatoms. The maximum absolute atomic E-state index is 13.0. The summed E-state index contributed by atoms with van der Waals surface area (Å²) in [5.74, 6) is 0.573. The normalized spacial score (nSPS) is 25.2. The minimum Gasteiger partial charge on any atom is -0.311 e. The second kappa shape index (κ2) is 7.37. The van der Waals surface area contributed by atoms with Crippen LogP contribution in [-0.4, -0.2) is 36.1 Å². The van der Waals surface area contributed by atoms with E-state index in [4.69, 9.17) is 0 Å². The van der Waals surface area contributed by atoms with Crippen molar-refractivity contribution in [3.8, 4) is 0 Å². The van der Waals surface area contributed by atoms with E-state index in [0.29, 0.717) is 18.1 Å². The molecule has 1 aromatic carbocycles. The first-order valence-electron chi connectivity index (χ1n) is 8.19. The van der Waals surface area contributed by atoms with Crippen LogP contribution in [-0.2, 0) is 6.42 Å². The summed E-state index contributed by atoms with van der Waals surface area (Å²) in [4.78, 5) is 2.60. The largest absolute Gasteiger partial charge is 0.311 e. The summed E-state index contributed by atoms with van der Waals surface area (Å²) in [7, 11) is 0. The topological polar surface area (TPSA) is 15.3 Å². The Labute approximate surface area is 128 Å². The highest BCUT2D eigenvalue weighted by molar-refractivity contribution is 5.17. The molecule has 2 nitrogen and oxygen atoms in total. The number of benzene rings is 1. The molecule has 0 aliphatic carbocycles. The number of nitrogens with one attached hydrogen (secondary N) is 1. The van der Waals surface area contributed by atoms with Gasteiger partial charge in [0.25, 0.3) is 0 Å². The van der Waals surface area contributed by atoms with E-state index in [2.05, 4.69) is 37.9 Å². The van der Waals surface area contributed by atoms with Crippen molar-refractivity contribution >= 4 is 0 Å². The lowest BCUT2D eigenvalue weighted by Gasteiger charge is -2.43. The van der Waals surface area contributed by atoms with Crippen LogP contribution in [0, 0.1) is 11.7 Å². The van der Waals surface area contributed by atoms with Crippen molar-refractivity contribution in [1.29, 1.82) is 0 Å². The summed E-state index contributed by atoms with van der Waals surface area (Å²) in [6.45, 7) is 11.3. The number of hydrogen-bond acceptors (Lipinski definition) is 2. The van der Waals surface area contributed by atoms with E-state index in [-0.39, 0.29) is 5.82 Å². The van der Waals surface area contributed by atoms with Gasteiger partial charge in [-0.25, -0.2) is 4.39 Å². The van der Waals surface area contributed by atoms with Crippen LogP contribution in [0.5, 0.6) is 0 Å². The van der Waals surface area contributed by atoms with Crippen LogP contribution in [0.1, 0.15) is 39.7 Å². The molecule has 2 rings (SSSR count). The Morgan fingerprint density at radius 2 is 1.90 bits per heavy atom. The van der Waals surface area contributed by atoms with Gasteiger partial charge in [0.15, 0.2) is 0 Å². The van der Waals surface area contributed by atoms with Gasteiger partial charge < -0.3 is 5.32 Å². The highest BCUT2D eigenvalue weighted by Gasteiger charge is 2.28.